The fourth-order valence-electron chi connectivity index (χ4n) is 1.42. The van der Waals surface area contributed by atoms with Crippen LogP contribution in [0.2, 0.25) is 0 Å². The lowest BCUT2D eigenvalue weighted by molar-refractivity contribution is -0.143. The normalized spacial score (nSPS) is 11.5. The summed E-state index contributed by atoms with van der Waals surface area (Å²) < 4.78 is 4.75. The molecule has 0 saturated heterocycles. The second-order valence-electron chi connectivity index (χ2n) is 3.93. The van der Waals surface area contributed by atoms with Crippen LogP contribution >= 0.6 is 0 Å². The van der Waals surface area contributed by atoms with Crippen molar-refractivity contribution in [1.29, 1.82) is 0 Å². The van der Waals surface area contributed by atoms with E-state index < -0.39 is 18.6 Å². The molecule has 0 aliphatic heterocycles. The Kier molecular flexibility index (Phi) is 9.42. The minimum absolute atomic E-state index is 0.201. The molecule has 0 radical (unpaired) electrons. The largest absolute Gasteiger partial charge is 0.466 e. The summed E-state index contributed by atoms with van der Waals surface area (Å²) in [5.74, 6) is -1.05. The van der Waals surface area contributed by atoms with Crippen LogP contribution in [-0.2, 0) is 19.1 Å². The number of carbonyl (C=O) groups is 3. The molecule has 0 rings (SSSR count). The maximum absolute atomic E-state index is 11.5. The van der Waals surface area contributed by atoms with Gasteiger partial charge in [-0.2, -0.15) is 0 Å². The summed E-state index contributed by atoms with van der Waals surface area (Å²) in [6.07, 6.45) is 1.56. The highest BCUT2D eigenvalue weighted by Crippen LogP contribution is 2.01. The molecular formula is C12H22N2O5. The summed E-state index contributed by atoms with van der Waals surface area (Å²) in [4.78, 5) is 33.7. The molecule has 3 N–H and O–H groups in total. The third-order valence-corrected chi connectivity index (χ3v) is 2.42. The molecule has 0 unspecified atom stereocenters. The smallest absolute Gasteiger partial charge is 0.305 e. The Bertz CT molecular complexity index is 306. The molecule has 19 heavy (non-hydrogen) atoms. The maximum Gasteiger partial charge on any atom is 0.305 e. The lowest BCUT2D eigenvalue weighted by Crippen LogP contribution is -2.47. The van der Waals surface area contributed by atoms with Crippen LogP contribution in [0.1, 0.15) is 32.6 Å². The molecule has 0 spiro atoms. The van der Waals surface area contributed by atoms with Crippen LogP contribution < -0.4 is 10.6 Å². The molecule has 110 valence electrons. The second-order valence-corrected chi connectivity index (χ2v) is 3.93. The van der Waals surface area contributed by atoms with E-state index in [2.05, 4.69) is 10.6 Å². The van der Waals surface area contributed by atoms with Crippen molar-refractivity contribution in [2.45, 2.75) is 38.6 Å². The lowest BCUT2D eigenvalue weighted by atomic mass is 10.2. The Morgan fingerprint density at radius 1 is 1.21 bits per heavy atom. The number of hydrogen-bond donors (Lipinski definition) is 3. The zero-order valence-corrected chi connectivity index (χ0v) is 11.4. The van der Waals surface area contributed by atoms with E-state index in [-0.39, 0.29) is 24.7 Å². The first-order valence-electron chi connectivity index (χ1n) is 6.32. The minimum Gasteiger partial charge on any atom is -0.466 e. The van der Waals surface area contributed by atoms with Crippen LogP contribution in [0.4, 0.5) is 0 Å². The summed E-state index contributed by atoms with van der Waals surface area (Å²) in [5, 5.41) is 13.7. The average molecular weight is 274 g/mol. The van der Waals surface area contributed by atoms with Crippen LogP contribution in [0, 0.1) is 0 Å². The van der Waals surface area contributed by atoms with E-state index in [1.807, 2.05) is 0 Å². The summed E-state index contributed by atoms with van der Waals surface area (Å²) >= 11 is 0. The number of amides is 2. The van der Waals surface area contributed by atoms with Gasteiger partial charge in [0.15, 0.2) is 0 Å². The van der Waals surface area contributed by atoms with Gasteiger partial charge in [-0.25, -0.2) is 0 Å². The van der Waals surface area contributed by atoms with Gasteiger partial charge in [0.25, 0.3) is 0 Å². The van der Waals surface area contributed by atoms with Gasteiger partial charge in [0.1, 0.15) is 6.04 Å². The van der Waals surface area contributed by atoms with E-state index in [1.54, 1.807) is 6.92 Å². The number of rotatable bonds is 9. The molecular weight excluding hydrogens is 252 g/mol. The fourth-order valence-corrected chi connectivity index (χ4v) is 1.42. The first-order valence-corrected chi connectivity index (χ1v) is 6.32. The van der Waals surface area contributed by atoms with Crippen LogP contribution in [0.15, 0.2) is 0 Å². The van der Waals surface area contributed by atoms with Crippen molar-refractivity contribution in [3.63, 3.8) is 0 Å². The Morgan fingerprint density at radius 2 is 1.84 bits per heavy atom. The van der Waals surface area contributed by atoms with Gasteiger partial charge in [0.2, 0.25) is 11.8 Å². The number of likely N-dealkylation sites (N-methyl/N-ethyl adjacent to an activating group) is 1. The molecule has 7 nitrogen and oxygen atoms in total. The fraction of sp³-hybridized carbons (Fsp3) is 0.750. The number of aliphatic hydroxyl groups is 1. The number of aliphatic hydroxyl groups excluding tert-OH is 1. The summed E-state index contributed by atoms with van der Waals surface area (Å²) in [7, 11) is 1.43. The van der Waals surface area contributed by atoms with Crippen molar-refractivity contribution in [3.05, 3.63) is 0 Å². The standard InChI is InChI=1S/C12H22N2O5/c1-3-19-11(17)7-5-4-6-10(16)14-9(8-15)12(18)13-2/h9,15H,3-8H2,1-2H3,(H,13,18)(H,14,16)/t9-/m0/s1. The molecule has 7 heteroatoms. The van der Waals surface area contributed by atoms with Gasteiger partial charge in [-0.1, -0.05) is 0 Å². The highest BCUT2D eigenvalue weighted by molar-refractivity contribution is 5.87. The molecule has 1 atom stereocenters. The van der Waals surface area contributed by atoms with Crippen molar-refractivity contribution >= 4 is 17.8 Å². The predicted molar refractivity (Wildman–Crippen MR) is 68.2 cm³/mol. The van der Waals surface area contributed by atoms with Gasteiger partial charge in [-0.15, -0.1) is 0 Å². The molecule has 0 aromatic heterocycles. The maximum atomic E-state index is 11.5. The zero-order valence-electron chi connectivity index (χ0n) is 11.4. The predicted octanol–water partition coefficient (Wildman–Crippen LogP) is -0.667. The second kappa shape index (κ2) is 10.3. The number of esters is 1. The molecule has 0 saturated carbocycles. The van der Waals surface area contributed by atoms with Gasteiger partial charge in [0, 0.05) is 19.9 Å². The highest BCUT2D eigenvalue weighted by atomic mass is 16.5. The van der Waals surface area contributed by atoms with E-state index in [4.69, 9.17) is 9.84 Å². The van der Waals surface area contributed by atoms with Gasteiger partial charge >= 0.3 is 5.97 Å². The quantitative estimate of drug-likeness (QED) is 0.382. The number of unbranched alkanes of at least 4 members (excludes halogenated alkanes) is 1. The van der Waals surface area contributed by atoms with E-state index in [0.29, 0.717) is 19.4 Å². The molecule has 0 bridgehead atoms. The van der Waals surface area contributed by atoms with Gasteiger partial charge in [-0.05, 0) is 19.8 Å². The number of ether oxygens (including phenoxy) is 1. The van der Waals surface area contributed by atoms with E-state index >= 15 is 0 Å². The van der Waals surface area contributed by atoms with Crippen molar-refractivity contribution in [2.24, 2.45) is 0 Å². The Morgan fingerprint density at radius 3 is 2.37 bits per heavy atom. The molecule has 0 fully saturated rings. The number of hydrogen-bond acceptors (Lipinski definition) is 5. The number of nitrogens with one attached hydrogen (secondary N) is 2. The van der Waals surface area contributed by atoms with Crippen LogP contribution in [0.5, 0.6) is 0 Å². The average Bonchev–Trinajstić information content (AvgIpc) is 2.40. The molecule has 0 aromatic rings. The SMILES string of the molecule is CCOC(=O)CCCCC(=O)N[C@@H](CO)C(=O)NC. The minimum atomic E-state index is -0.928. The Balaban J connectivity index is 3.80. The van der Waals surface area contributed by atoms with Crippen molar-refractivity contribution in [3.8, 4) is 0 Å². The topological polar surface area (TPSA) is 105 Å². The Labute approximate surface area is 112 Å². The highest BCUT2D eigenvalue weighted by Gasteiger charge is 2.17. The van der Waals surface area contributed by atoms with Crippen LogP contribution in [0.25, 0.3) is 0 Å². The number of carbonyl (C=O) groups excluding carboxylic acids is 3. The third kappa shape index (κ3) is 8.15. The molecule has 0 aromatic carbocycles. The summed E-state index contributed by atoms with van der Waals surface area (Å²) in [6.45, 7) is 1.64. The van der Waals surface area contributed by atoms with E-state index in [1.165, 1.54) is 7.05 Å². The van der Waals surface area contributed by atoms with Crippen LogP contribution in [0.3, 0.4) is 0 Å². The summed E-state index contributed by atoms with van der Waals surface area (Å²) in [5.41, 5.74) is 0. The summed E-state index contributed by atoms with van der Waals surface area (Å²) in [6, 6.07) is -0.928. The van der Waals surface area contributed by atoms with Crippen LogP contribution in [-0.4, -0.2) is 49.2 Å². The van der Waals surface area contributed by atoms with Gasteiger partial charge < -0.3 is 20.5 Å². The van der Waals surface area contributed by atoms with Gasteiger partial charge in [-0.3, -0.25) is 14.4 Å². The molecule has 0 heterocycles. The molecule has 0 aliphatic rings. The monoisotopic (exact) mass is 274 g/mol. The van der Waals surface area contributed by atoms with E-state index in [0.717, 1.165) is 0 Å². The Hall–Kier alpha value is -1.63. The van der Waals surface area contributed by atoms with Crippen molar-refractivity contribution in [2.75, 3.05) is 20.3 Å². The zero-order chi connectivity index (χ0) is 14.7. The van der Waals surface area contributed by atoms with E-state index in [9.17, 15) is 14.4 Å². The molecule has 0 aliphatic carbocycles. The van der Waals surface area contributed by atoms with Crippen molar-refractivity contribution in [1.82, 2.24) is 10.6 Å². The lowest BCUT2D eigenvalue weighted by Gasteiger charge is -2.14. The van der Waals surface area contributed by atoms with Crippen molar-refractivity contribution < 1.29 is 24.2 Å². The van der Waals surface area contributed by atoms with Gasteiger partial charge in [0.05, 0.1) is 13.2 Å². The first-order chi connectivity index (χ1) is 9.04. The third-order valence-electron chi connectivity index (χ3n) is 2.42. The first kappa shape index (κ1) is 17.4. The molecule has 2 amide bonds.